The lowest BCUT2D eigenvalue weighted by Crippen LogP contribution is -2.23. The number of nitrogens with zero attached hydrogens (tertiary/aromatic N) is 1. The molecule has 0 bridgehead atoms. The first kappa shape index (κ1) is 18.9. The molecule has 4 N–H and O–H groups in total. The fourth-order valence-electron chi connectivity index (χ4n) is 2.98. The number of hydrogen-bond donors (Lipinski definition) is 3. The Bertz CT molecular complexity index is 1280. The molecule has 148 valence electrons. The highest BCUT2D eigenvalue weighted by Crippen LogP contribution is 2.36. The lowest BCUT2D eigenvalue weighted by atomic mass is 10.1. The second-order valence-electron chi connectivity index (χ2n) is 6.37. The fourth-order valence-corrected chi connectivity index (χ4v) is 3.80. The van der Waals surface area contributed by atoms with Crippen LogP contribution >= 0.6 is 11.8 Å². The van der Waals surface area contributed by atoms with Gasteiger partial charge in [0.15, 0.2) is 5.16 Å². The van der Waals surface area contributed by atoms with E-state index in [0.29, 0.717) is 17.0 Å². The van der Waals surface area contributed by atoms with Gasteiger partial charge in [0.05, 0.1) is 18.0 Å². The number of fused-ring (bicyclic) bond motifs is 3. The Morgan fingerprint density at radius 1 is 1.24 bits per heavy atom. The molecule has 4 rings (SSSR count). The van der Waals surface area contributed by atoms with Gasteiger partial charge in [-0.25, -0.2) is 4.98 Å². The maximum atomic E-state index is 12.7. The Balaban J connectivity index is 1.61. The number of nitrogens with two attached hydrogens (primary N) is 1. The van der Waals surface area contributed by atoms with Gasteiger partial charge >= 0.3 is 0 Å². The van der Waals surface area contributed by atoms with E-state index in [1.54, 1.807) is 20.1 Å². The van der Waals surface area contributed by atoms with Crippen LogP contribution in [0.1, 0.15) is 6.92 Å². The van der Waals surface area contributed by atoms with Crippen LogP contribution in [-0.2, 0) is 4.79 Å². The van der Waals surface area contributed by atoms with Crippen molar-refractivity contribution in [3.8, 4) is 5.75 Å². The van der Waals surface area contributed by atoms with Crippen LogP contribution in [0.3, 0.4) is 0 Å². The van der Waals surface area contributed by atoms with E-state index in [1.807, 2.05) is 30.3 Å². The third kappa shape index (κ3) is 3.77. The SMILES string of the molecule is COc1cc2c(cc1NC(=O)[C@@H](C)Sc1nc(N)cc(=O)[nH]1)oc1ccccc12. The smallest absolute Gasteiger partial charge is 0.253 e. The molecule has 0 radical (unpaired) electrons. The van der Waals surface area contributed by atoms with Crippen LogP contribution in [0.25, 0.3) is 21.9 Å². The number of carbonyl (C=O) groups excluding carboxylic acids is 1. The van der Waals surface area contributed by atoms with Crippen LogP contribution in [0.15, 0.2) is 56.8 Å². The summed E-state index contributed by atoms with van der Waals surface area (Å²) in [6.45, 7) is 1.70. The van der Waals surface area contributed by atoms with Crippen LogP contribution < -0.4 is 21.3 Å². The molecule has 1 atom stereocenters. The summed E-state index contributed by atoms with van der Waals surface area (Å²) in [6.07, 6.45) is 0. The number of nitrogen functional groups attached to an aromatic ring is 1. The third-order valence-corrected chi connectivity index (χ3v) is 5.34. The number of hydrogen-bond acceptors (Lipinski definition) is 7. The van der Waals surface area contributed by atoms with E-state index in [-0.39, 0.29) is 22.4 Å². The first-order valence-electron chi connectivity index (χ1n) is 8.78. The fraction of sp³-hybridized carbons (Fsp3) is 0.150. The van der Waals surface area contributed by atoms with Gasteiger partial charge in [-0.05, 0) is 19.1 Å². The number of carbonyl (C=O) groups is 1. The van der Waals surface area contributed by atoms with Crippen LogP contribution in [-0.4, -0.2) is 28.2 Å². The van der Waals surface area contributed by atoms with Crippen molar-refractivity contribution < 1.29 is 13.9 Å². The van der Waals surface area contributed by atoms with Gasteiger partial charge in [0, 0.05) is 22.9 Å². The monoisotopic (exact) mass is 410 g/mol. The van der Waals surface area contributed by atoms with E-state index in [0.717, 1.165) is 28.1 Å². The summed E-state index contributed by atoms with van der Waals surface area (Å²) >= 11 is 1.10. The Hall–Kier alpha value is -3.46. The molecule has 29 heavy (non-hydrogen) atoms. The lowest BCUT2D eigenvalue weighted by Gasteiger charge is -2.14. The van der Waals surface area contributed by atoms with Crippen molar-refractivity contribution in [2.24, 2.45) is 0 Å². The van der Waals surface area contributed by atoms with Crippen LogP contribution in [0.4, 0.5) is 11.5 Å². The van der Waals surface area contributed by atoms with Crippen molar-refractivity contribution in [1.29, 1.82) is 0 Å². The molecule has 2 aromatic heterocycles. The topological polar surface area (TPSA) is 123 Å². The number of nitrogens with one attached hydrogen (secondary N) is 2. The Morgan fingerprint density at radius 3 is 2.79 bits per heavy atom. The number of para-hydroxylation sites is 1. The molecule has 9 heteroatoms. The zero-order chi connectivity index (χ0) is 20.5. The predicted molar refractivity (Wildman–Crippen MR) is 113 cm³/mol. The Morgan fingerprint density at radius 2 is 2.03 bits per heavy atom. The number of aromatic amines is 1. The third-order valence-electron chi connectivity index (χ3n) is 4.35. The van der Waals surface area contributed by atoms with E-state index >= 15 is 0 Å². The van der Waals surface area contributed by atoms with Gasteiger partial charge in [0.2, 0.25) is 5.91 Å². The Kier molecular flexibility index (Phi) is 4.89. The molecule has 0 aliphatic heterocycles. The van der Waals surface area contributed by atoms with Gasteiger partial charge in [-0.2, -0.15) is 0 Å². The molecule has 0 spiro atoms. The summed E-state index contributed by atoms with van der Waals surface area (Å²) in [4.78, 5) is 30.8. The number of aromatic nitrogens is 2. The molecule has 0 aliphatic carbocycles. The van der Waals surface area contributed by atoms with Crippen molar-refractivity contribution in [2.45, 2.75) is 17.3 Å². The minimum atomic E-state index is -0.545. The van der Waals surface area contributed by atoms with Crippen LogP contribution in [0.5, 0.6) is 5.75 Å². The Labute approximate surface area is 169 Å². The van der Waals surface area contributed by atoms with Crippen molar-refractivity contribution in [3.63, 3.8) is 0 Å². The second-order valence-corrected chi connectivity index (χ2v) is 7.70. The first-order chi connectivity index (χ1) is 13.9. The molecule has 2 heterocycles. The number of anilines is 2. The quantitative estimate of drug-likeness (QED) is 0.340. The average Bonchev–Trinajstić information content (AvgIpc) is 3.03. The summed E-state index contributed by atoms with van der Waals surface area (Å²) in [6, 6.07) is 12.5. The molecule has 2 aromatic carbocycles. The summed E-state index contributed by atoms with van der Waals surface area (Å²) < 4.78 is 11.3. The van der Waals surface area contributed by atoms with Gasteiger partial charge in [-0.3, -0.25) is 9.59 Å². The number of thioether (sulfide) groups is 1. The number of rotatable bonds is 5. The van der Waals surface area contributed by atoms with Gasteiger partial charge in [0.1, 0.15) is 22.7 Å². The van der Waals surface area contributed by atoms with Crippen molar-refractivity contribution in [2.75, 3.05) is 18.2 Å². The average molecular weight is 410 g/mol. The number of methoxy groups -OCH3 is 1. The second kappa shape index (κ2) is 7.51. The van der Waals surface area contributed by atoms with Gasteiger partial charge < -0.3 is 25.2 Å². The zero-order valence-electron chi connectivity index (χ0n) is 15.7. The summed E-state index contributed by atoms with van der Waals surface area (Å²) in [5.74, 6) is 0.333. The standard InChI is InChI=1S/C20H18N4O4S/c1-10(29-20-23-17(21)9-18(25)24-20)19(26)22-13-8-15-12(7-16(13)27-2)11-5-3-4-6-14(11)28-15/h3-10H,1-2H3,(H,22,26)(H3,21,23,24,25)/t10-/m1/s1. The molecule has 0 unspecified atom stereocenters. The molecule has 0 aliphatic rings. The molecule has 8 nitrogen and oxygen atoms in total. The maximum absolute atomic E-state index is 12.7. The first-order valence-corrected chi connectivity index (χ1v) is 9.66. The minimum Gasteiger partial charge on any atom is -0.495 e. The number of H-pyrrole nitrogens is 1. The number of amides is 1. The van der Waals surface area contributed by atoms with Crippen molar-refractivity contribution in [3.05, 3.63) is 52.8 Å². The predicted octanol–water partition coefficient (Wildman–Crippen LogP) is 3.38. The molecule has 0 fully saturated rings. The molecule has 1 amide bonds. The number of benzene rings is 2. The highest BCUT2D eigenvalue weighted by atomic mass is 32.2. The van der Waals surface area contributed by atoms with Gasteiger partial charge in [-0.1, -0.05) is 30.0 Å². The van der Waals surface area contributed by atoms with Crippen molar-refractivity contribution >= 4 is 51.1 Å². The lowest BCUT2D eigenvalue weighted by molar-refractivity contribution is -0.115. The van der Waals surface area contributed by atoms with E-state index in [4.69, 9.17) is 14.9 Å². The summed E-state index contributed by atoms with van der Waals surface area (Å²) in [5, 5.41) is 4.46. The maximum Gasteiger partial charge on any atom is 0.253 e. The minimum absolute atomic E-state index is 0.0980. The molecular weight excluding hydrogens is 392 g/mol. The van der Waals surface area contributed by atoms with Crippen LogP contribution in [0, 0.1) is 0 Å². The highest BCUT2D eigenvalue weighted by molar-refractivity contribution is 8.00. The largest absolute Gasteiger partial charge is 0.495 e. The molecule has 0 saturated carbocycles. The van der Waals surface area contributed by atoms with Gasteiger partial charge in [0.25, 0.3) is 5.56 Å². The normalized spacial score (nSPS) is 12.2. The number of furan rings is 1. The van der Waals surface area contributed by atoms with Crippen molar-refractivity contribution in [1.82, 2.24) is 9.97 Å². The number of ether oxygens (including phenoxy) is 1. The summed E-state index contributed by atoms with van der Waals surface area (Å²) in [5.41, 5.74) is 7.11. The van der Waals surface area contributed by atoms with E-state index in [2.05, 4.69) is 15.3 Å². The molecule has 4 aromatic rings. The van der Waals surface area contributed by atoms with E-state index in [9.17, 15) is 9.59 Å². The molecular formula is C20H18N4O4S. The zero-order valence-corrected chi connectivity index (χ0v) is 16.5. The summed E-state index contributed by atoms with van der Waals surface area (Å²) in [7, 11) is 1.54. The van der Waals surface area contributed by atoms with Gasteiger partial charge in [-0.15, -0.1) is 0 Å². The highest BCUT2D eigenvalue weighted by Gasteiger charge is 2.19. The molecule has 0 saturated heterocycles. The van der Waals surface area contributed by atoms with Crippen LogP contribution in [0.2, 0.25) is 0 Å². The van der Waals surface area contributed by atoms with E-state index in [1.165, 1.54) is 6.07 Å². The van der Waals surface area contributed by atoms with E-state index < -0.39 is 5.25 Å².